The van der Waals surface area contributed by atoms with Crippen molar-refractivity contribution in [2.75, 3.05) is 6.61 Å². The maximum absolute atomic E-state index is 14.8. The van der Waals surface area contributed by atoms with Crippen LogP contribution in [0, 0.1) is 57.7 Å². The Morgan fingerprint density at radius 3 is 2.36 bits per heavy atom. The number of ketones is 3. The van der Waals surface area contributed by atoms with E-state index in [2.05, 4.69) is 13.8 Å². The van der Waals surface area contributed by atoms with Gasteiger partial charge in [-0.05, 0) is 48.9 Å². The maximum Gasteiger partial charge on any atom is 0.205 e. The van der Waals surface area contributed by atoms with Crippen LogP contribution in [0.3, 0.4) is 0 Å². The van der Waals surface area contributed by atoms with Crippen molar-refractivity contribution in [3.8, 4) is 0 Å². The predicted molar refractivity (Wildman–Crippen MR) is 130 cm³/mol. The number of carbonyl (C=O) groups excluding carboxylic acids is 3. The number of hydrogen-bond acceptors (Lipinski definition) is 6. The summed E-state index contributed by atoms with van der Waals surface area (Å²) in [5.41, 5.74) is -3.15. The van der Waals surface area contributed by atoms with E-state index >= 15 is 0 Å². The molecular formula is C30H36O6. The molecule has 8 rings (SSSR count). The monoisotopic (exact) mass is 492 g/mol. The first-order valence-electron chi connectivity index (χ1n) is 13.5. The van der Waals surface area contributed by atoms with E-state index in [0.29, 0.717) is 24.8 Å². The highest BCUT2D eigenvalue weighted by Crippen LogP contribution is 2.90. The molecule has 2 N–H and O–H groups in total. The molecule has 2 spiro atoms. The van der Waals surface area contributed by atoms with Gasteiger partial charge in [-0.2, -0.15) is 0 Å². The zero-order valence-electron chi connectivity index (χ0n) is 21.8. The van der Waals surface area contributed by atoms with Crippen LogP contribution >= 0.6 is 0 Å². The van der Waals surface area contributed by atoms with Crippen molar-refractivity contribution in [1.29, 1.82) is 0 Å². The molecule has 5 saturated carbocycles. The first-order chi connectivity index (χ1) is 16.8. The van der Waals surface area contributed by atoms with Gasteiger partial charge in [0.15, 0.2) is 11.6 Å². The molecule has 5 aliphatic carbocycles. The zero-order valence-corrected chi connectivity index (χ0v) is 21.8. The normalized spacial score (nSPS) is 50.8. The topological polar surface area (TPSA) is 101 Å². The van der Waals surface area contributed by atoms with Crippen LogP contribution in [0.5, 0.6) is 0 Å². The van der Waals surface area contributed by atoms with Gasteiger partial charge in [-0.15, -0.1) is 0 Å². The first kappa shape index (κ1) is 23.2. The smallest absolute Gasteiger partial charge is 0.205 e. The second-order valence-electron chi connectivity index (χ2n) is 14.0. The van der Waals surface area contributed by atoms with Gasteiger partial charge in [0.2, 0.25) is 5.79 Å². The van der Waals surface area contributed by atoms with Crippen molar-refractivity contribution < 1.29 is 29.3 Å². The molecule has 9 unspecified atom stereocenters. The number of ether oxygens (including phenoxy) is 1. The summed E-state index contributed by atoms with van der Waals surface area (Å²) in [7, 11) is 0. The van der Waals surface area contributed by atoms with Gasteiger partial charge in [-0.1, -0.05) is 57.5 Å². The molecule has 2 bridgehead atoms. The fourth-order valence-corrected chi connectivity index (χ4v) is 11.0. The Bertz CT molecular complexity index is 1250. The third-order valence-electron chi connectivity index (χ3n) is 12.4. The number of fused-ring (bicyclic) bond motifs is 1. The van der Waals surface area contributed by atoms with Gasteiger partial charge in [0.1, 0.15) is 17.3 Å². The lowest BCUT2D eigenvalue weighted by atomic mass is 9.14. The van der Waals surface area contributed by atoms with Gasteiger partial charge < -0.3 is 14.9 Å². The van der Waals surface area contributed by atoms with Crippen LogP contribution < -0.4 is 0 Å². The fraction of sp³-hybridized carbons (Fsp3) is 0.700. The number of hydrogen-bond donors (Lipinski definition) is 2. The number of Topliss-reactive ketones (excluding diaryl/α,β-unsaturated/α-hetero) is 3. The highest BCUT2D eigenvalue weighted by molar-refractivity contribution is 6.23. The molecule has 192 valence electrons. The molecule has 1 aromatic rings. The van der Waals surface area contributed by atoms with E-state index in [-0.39, 0.29) is 35.3 Å². The SMILES string of the molecule is Cc1ccc(C(=O)C23C(=O)C45C(CCC(C24)C3(C)C)C23COC5(O)C(O)C2C(C)(C)CCC3=O)cc1. The summed E-state index contributed by atoms with van der Waals surface area (Å²) < 4.78 is 6.10. The van der Waals surface area contributed by atoms with Gasteiger partial charge in [-0.25, -0.2) is 0 Å². The maximum atomic E-state index is 14.8. The van der Waals surface area contributed by atoms with E-state index in [1.165, 1.54) is 0 Å². The average molecular weight is 493 g/mol. The zero-order chi connectivity index (χ0) is 25.8. The minimum atomic E-state index is -2.09. The lowest BCUT2D eigenvalue weighted by Crippen LogP contribution is -2.98. The number of aryl methyl sites for hydroxylation is 1. The van der Waals surface area contributed by atoms with Crippen LogP contribution in [0.1, 0.15) is 69.3 Å². The number of aliphatic hydroxyl groups excluding tert-OH is 1. The highest BCUT2D eigenvalue weighted by atomic mass is 16.6. The molecular weight excluding hydrogens is 456 g/mol. The molecule has 0 amide bonds. The van der Waals surface area contributed by atoms with Crippen LogP contribution in [-0.4, -0.2) is 46.1 Å². The second kappa shape index (κ2) is 6.22. The van der Waals surface area contributed by atoms with E-state index in [1.54, 1.807) is 12.1 Å². The Labute approximate surface area is 211 Å². The molecule has 0 radical (unpaired) electrons. The molecule has 2 aliphatic heterocycles. The molecule has 6 heteroatoms. The Morgan fingerprint density at radius 1 is 1.03 bits per heavy atom. The van der Waals surface area contributed by atoms with E-state index in [9.17, 15) is 24.6 Å². The number of carbonyl (C=O) groups is 3. The second-order valence-corrected chi connectivity index (χ2v) is 14.0. The van der Waals surface area contributed by atoms with Gasteiger partial charge in [0.05, 0.1) is 17.4 Å². The van der Waals surface area contributed by atoms with Crippen LogP contribution in [0.15, 0.2) is 24.3 Å². The van der Waals surface area contributed by atoms with Crippen LogP contribution in [-0.2, 0) is 14.3 Å². The molecule has 36 heavy (non-hydrogen) atoms. The molecule has 2 heterocycles. The summed E-state index contributed by atoms with van der Waals surface area (Å²) in [5.74, 6) is -3.89. The summed E-state index contributed by atoms with van der Waals surface area (Å²) in [4.78, 5) is 42.8. The Hall–Kier alpha value is -1.89. The summed E-state index contributed by atoms with van der Waals surface area (Å²) >= 11 is 0. The lowest BCUT2D eigenvalue weighted by Gasteiger charge is -2.88. The van der Waals surface area contributed by atoms with Gasteiger partial charge in [-0.3, -0.25) is 14.4 Å². The van der Waals surface area contributed by atoms with Crippen molar-refractivity contribution >= 4 is 17.3 Å². The molecule has 7 aliphatic rings. The van der Waals surface area contributed by atoms with Crippen molar-refractivity contribution in [1.82, 2.24) is 0 Å². The van der Waals surface area contributed by atoms with Crippen LogP contribution in [0.4, 0.5) is 0 Å². The van der Waals surface area contributed by atoms with Crippen LogP contribution in [0.25, 0.3) is 0 Å². The van der Waals surface area contributed by atoms with E-state index in [1.807, 2.05) is 32.9 Å². The minimum Gasteiger partial charge on any atom is -0.387 e. The van der Waals surface area contributed by atoms with Gasteiger partial charge in [0, 0.05) is 23.8 Å². The van der Waals surface area contributed by atoms with Gasteiger partial charge >= 0.3 is 0 Å². The van der Waals surface area contributed by atoms with Crippen molar-refractivity contribution in [3.05, 3.63) is 35.4 Å². The highest BCUT2D eigenvalue weighted by Gasteiger charge is 2.99. The Kier molecular flexibility index (Phi) is 4.01. The Morgan fingerprint density at radius 2 is 1.69 bits per heavy atom. The van der Waals surface area contributed by atoms with Crippen molar-refractivity contribution in [2.45, 2.75) is 72.2 Å². The standard InChI is InChI=1S/C30H36O6/c1-15-6-8-16(9-7-15)22(32)29-20-17(26(29,4)5)10-11-18-27-14-36-30(35,28(18,20)24(29)34)23(33)21(27)25(2,3)13-12-19(27)31/h6-9,17-18,20-21,23,33,35H,10-14H2,1-5H3. The lowest BCUT2D eigenvalue weighted by molar-refractivity contribution is -0.477. The fourth-order valence-electron chi connectivity index (χ4n) is 11.0. The van der Waals surface area contributed by atoms with Crippen molar-refractivity contribution in [2.24, 2.45) is 50.7 Å². The van der Waals surface area contributed by atoms with E-state index in [4.69, 9.17) is 4.74 Å². The summed E-state index contributed by atoms with van der Waals surface area (Å²) in [6.45, 7) is 10.1. The summed E-state index contributed by atoms with van der Waals surface area (Å²) in [5, 5.41) is 24.1. The molecule has 6 nitrogen and oxygen atoms in total. The van der Waals surface area contributed by atoms with E-state index < -0.39 is 51.3 Å². The molecule has 1 aromatic carbocycles. The van der Waals surface area contributed by atoms with Crippen molar-refractivity contribution in [3.63, 3.8) is 0 Å². The molecule has 9 atom stereocenters. The number of benzene rings is 1. The molecule has 2 saturated heterocycles. The van der Waals surface area contributed by atoms with Crippen LogP contribution in [0.2, 0.25) is 0 Å². The third-order valence-corrected chi connectivity index (χ3v) is 12.4. The van der Waals surface area contributed by atoms with Gasteiger partial charge in [0.25, 0.3) is 0 Å². The number of rotatable bonds is 2. The van der Waals surface area contributed by atoms with E-state index in [0.717, 1.165) is 12.0 Å². The largest absolute Gasteiger partial charge is 0.387 e. The quantitative estimate of drug-likeness (QED) is 0.484. The number of aliphatic hydroxyl groups is 2. The molecule has 7 fully saturated rings. The third kappa shape index (κ3) is 1.89. The summed E-state index contributed by atoms with van der Waals surface area (Å²) in [6.07, 6.45) is 1.08. The molecule has 0 aromatic heterocycles. The predicted octanol–water partition coefficient (Wildman–Crippen LogP) is 3.50. The Balaban J connectivity index is 1.44. The first-order valence-corrected chi connectivity index (χ1v) is 13.5. The minimum absolute atomic E-state index is 0.0292. The average Bonchev–Trinajstić information content (AvgIpc) is 2.82. The summed E-state index contributed by atoms with van der Waals surface area (Å²) in [6, 6.07) is 7.32.